The maximum atomic E-state index is 14.7. The van der Waals surface area contributed by atoms with Crippen molar-refractivity contribution in [3.05, 3.63) is 91.9 Å². The minimum Gasteiger partial charge on any atom is -0.327 e. The van der Waals surface area contributed by atoms with Gasteiger partial charge in [-0.1, -0.05) is 6.07 Å². The van der Waals surface area contributed by atoms with Gasteiger partial charge in [-0.25, -0.2) is 13.9 Å². The molecule has 1 saturated heterocycles. The van der Waals surface area contributed by atoms with Crippen molar-refractivity contribution in [2.24, 2.45) is 0 Å². The monoisotopic (exact) mass is 491 g/mol. The summed E-state index contributed by atoms with van der Waals surface area (Å²) in [6, 6.07) is 9.27. The lowest BCUT2D eigenvalue weighted by atomic mass is 10.0. The van der Waals surface area contributed by atoms with E-state index in [1.807, 2.05) is 0 Å². The number of nitrogens with zero attached hydrogens (tertiary/aromatic N) is 4. The van der Waals surface area contributed by atoms with E-state index in [1.54, 1.807) is 32.9 Å². The van der Waals surface area contributed by atoms with Crippen LogP contribution in [0.2, 0.25) is 0 Å². The van der Waals surface area contributed by atoms with E-state index in [0.717, 1.165) is 6.07 Å². The minimum atomic E-state index is -0.741. The van der Waals surface area contributed by atoms with Gasteiger partial charge in [-0.3, -0.25) is 14.4 Å². The summed E-state index contributed by atoms with van der Waals surface area (Å²) in [6.45, 7) is 4.95. The highest BCUT2D eigenvalue weighted by Crippen LogP contribution is 2.25. The van der Waals surface area contributed by atoms with E-state index >= 15 is 0 Å². The van der Waals surface area contributed by atoms with Crippen LogP contribution < -0.4 is 10.5 Å². The van der Waals surface area contributed by atoms with E-state index in [1.165, 1.54) is 34.1 Å². The largest absolute Gasteiger partial charge is 0.327 e. The van der Waals surface area contributed by atoms with Crippen LogP contribution in [0.3, 0.4) is 0 Å². The Morgan fingerprint density at radius 1 is 1.14 bits per heavy atom. The topological polar surface area (TPSA) is 110 Å². The number of nitrogens with one attached hydrogen (secondary N) is 1. The number of anilines is 1. The molecule has 0 radical (unpaired) electrons. The number of benzene rings is 2. The molecule has 1 aliphatic heterocycles. The molecule has 1 aliphatic rings. The van der Waals surface area contributed by atoms with E-state index in [2.05, 4.69) is 10.2 Å². The number of hydrogen-bond acceptors (Lipinski definition) is 5. The predicted octanol–water partition coefficient (Wildman–Crippen LogP) is 3.00. The second kappa shape index (κ2) is 9.70. The van der Waals surface area contributed by atoms with Crippen molar-refractivity contribution in [1.29, 1.82) is 5.26 Å². The molecule has 3 aromatic rings. The van der Waals surface area contributed by atoms with Crippen LogP contribution in [0.25, 0.3) is 0 Å². The summed E-state index contributed by atoms with van der Waals surface area (Å²) in [5, 5.41) is 15.4. The smallest absolute Gasteiger partial charge is 0.267 e. The van der Waals surface area contributed by atoms with Gasteiger partial charge in [0.25, 0.3) is 11.5 Å². The summed E-state index contributed by atoms with van der Waals surface area (Å²) >= 11 is 0. The van der Waals surface area contributed by atoms with Crippen molar-refractivity contribution in [2.75, 3.05) is 18.0 Å². The summed E-state index contributed by atoms with van der Waals surface area (Å²) in [6.07, 6.45) is 0.275. The van der Waals surface area contributed by atoms with Gasteiger partial charge in [0.2, 0.25) is 5.91 Å². The number of nitriles is 1. The molecule has 0 aliphatic carbocycles. The SMILES string of the molecule is Cc1c(Cc2ccc(F)c(C(=O)N3CC(=O)N(c4ccc(C#N)c(F)c4)[C@H](C)C3)c2)n[nH]c(=O)c1C. The summed E-state index contributed by atoms with van der Waals surface area (Å²) in [4.78, 5) is 40.5. The van der Waals surface area contributed by atoms with Gasteiger partial charge in [-0.15, -0.1) is 0 Å². The molecular weight excluding hydrogens is 468 g/mol. The van der Waals surface area contributed by atoms with Crippen LogP contribution in [-0.4, -0.2) is 46.0 Å². The first kappa shape index (κ1) is 24.7. The molecule has 0 bridgehead atoms. The fourth-order valence-corrected chi connectivity index (χ4v) is 4.30. The van der Waals surface area contributed by atoms with Crippen LogP contribution in [0, 0.1) is 36.8 Å². The average molecular weight is 491 g/mol. The lowest BCUT2D eigenvalue weighted by Gasteiger charge is -2.39. The molecule has 8 nitrogen and oxygen atoms in total. The van der Waals surface area contributed by atoms with Crippen molar-refractivity contribution < 1.29 is 18.4 Å². The first-order valence-corrected chi connectivity index (χ1v) is 11.2. The number of rotatable bonds is 4. The fraction of sp³-hybridized carbons (Fsp3) is 0.269. The second-order valence-corrected chi connectivity index (χ2v) is 8.81. The summed E-state index contributed by atoms with van der Waals surface area (Å²) in [7, 11) is 0. The predicted molar refractivity (Wildman–Crippen MR) is 128 cm³/mol. The standard InChI is InChI=1S/C26H23F2N5O3/c1-14-12-32(13-24(34)33(14)19-6-5-18(11-29)22(28)10-19)26(36)20-8-17(4-7-21(20)27)9-23-15(2)16(3)25(35)31-30-23/h4-8,10,14H,9,12-13H2,1-3H3,(H,31,35)/t14-/m1/s1. The Hall–Kier alpha value is -4.39. The average Bonchev–Trinajstić information content (AvgIpc) is 2.84. The summed E-state index contributed by atoms with van der Waals surface area (Å²) in [5.74, 6) is -2.55. The van der Waals surface area contributed by atoms with Crippen LogP contribution in [0.5, 0.6) is 0 Å². The lowest BCUT2D eigenvalue weighted by molar-refractivity contribution is -0.121. The molecule has 2 amide bonds. The van der Waals surface area contributed by atoms with Crippen LogP contribution in [0.1, 0.15) is 45.2 Å². The first-order chi connectivity index (χ1) is 17.1. The molecular formula is C26H23F2N5O3. The van der Waals surface area contributed by atoms with Crippen LogP contribution in [0.15, 0.2) is 41.2 Å². The Bertz CT molecular complexity index is 1480. The highest BCUT2D eigenvalue weighted by atomic mass is 19.1. The van der Waals surface area contributed by atoms with Gasteiger partial charge >= 0.3 is 0 Å². The highest BCUT2D eigenvalue weighted by molar-refractivity contribution is 6.02. The van der Waals surface area contributed by atoms with E-state index in [0.29, 0.717) is 22.4 Å². The van der Waals surface area contributed by atoms with E-state index in [4.69, 9.17) is 5.26 Å². The summed E-state index contributed by atoms with van der Waals surface area (Å²) in [5.41, 5.74) is 2.15. The maximum absolute atomic E-state index is 14.7. The fourth-order valence-electron chi connectivity index (χ4n) is 4.30. The Morgan fingerprint density at radius 3 is 2.56 bits per heavy atom. The highest BCUT2D eigenvalue weighted by Gasteiger charge is 2.34. The lowest BCUT2D eigenvalue weighted by Crippen LogP contribution is -2.57. The molecule has 1 N–H and O–H groups in total. The van der Waals surface area contributed by atoms with Crippen LogP contribution in [0.4, 0.5) is 14.5 Å². The van der Waals surface area contributed by atoms with Gasteiger partial charge in [0.05, 0.1) is 22.9 Å². The van der Waals surface area contributed by atoms with Gasteiger partial charge in [0.15, 0.2) is 0 Å². The number of carbonyl (C=O) groups excluding carboxylic acids is 2. The number of carbonyl (C=O) groups is 2. The van der Waals surface area contributed by atoms with Gasteiger partial charge in [0.1, 0.15) is 24.2 Å². The van der Waals surface area contributed by atoms with Gasteiger partial charge in [-0.05, 0) is 62.2 Å². The number of piperazine rings is 1. The molecule has 0 saturated carbocycles. The second-order valence-electron chi connectivity index (χ2n) is 8.81. The minimum absolute atomic E-state index is 0.107. The first-order valence-electron chi connectivity index (χ1n) is 11.2. The number of amides is 2. The molecule has 2 heterocycles. The maximum Gasteiger partial charge on any atom is 0.267 e. The molecule has 1 aromatic heterocycles. The number of halogens is 2. The van der Waals surface area contributed by atoms with Crippen molar-refractivity contribution in [1.82, 2.24) is 15.1 Å². The van der Waals surface area contributed by atoms with E-state index in [-0.39, 0.29) is 41.9 Å². The van der Waals surface area contributed by atoms with Crippen molar-refractivity contribution in [3.8, 4) is 6.07 Å². The summed E-state index contributed by atoms with van der Waals surface area (Å²) < 4.78 is 28.8. The van der Waals surface area contributed by atoms with Gasteiger partial charge < -0.3 is 9.80 Å². The number of aromatic amines is 1. The number of H-pyrrole nitrogens is 1. The van der Waals surface area contributed by atoms with E-state index in [9.17, 15) is 23.2 Å². The quantitative estimate of drug-likeness (QED) is 0.603. The number of aromatic nitrogens is 2. The van der Waals surface area contributed by atoms with Gasteiger partial charge in [-0.2, -0.15) is 10.4 Å². The Balaban J connectivity index is 1.56. The third-order valence-electron chi connectivity index (χ3n) is 6.42. The molecule has 1 atom stereocenters. The molecule has 184 valence electrons. The Kier molecular flexibility index (Phi) is 6.66. The van der Waals surface area contributed by atoms with Crippen LogP contribution in [-0.2, 0) is 11.2 Å². The zero-order valence-electron chi connectivity index (χ0n) is 19.9. The molecule has 2 aromatic carbocycles. The molecule has 4 rings (SSSR count). The zero-order valence-corrected chi connectivity index (χ0v) is 19.9. The molecule has 0 unspecified atom stereocenters. The molecule has 36 heavy (non-hydrogen) atoms. The third-order valence-corrected chi connectivity index (χ3v) is 6.42. The Morgan fingerprint density at radius 2 is 1.89 bits per heavy atom. The van der Waals surface area contributed by atoms with E-state index < -0.39 is 29.5 Å². The van der Waals surface area contributed by atoms with Crippen molar-refractivity contribution >= 4 is 17.5 Å². The van der Waals surface area contributed by atoms with Crippen molar-refractivity contribution in [2.45, 2.75) is 33.2 Å². The molecule has 10 heteroatoms. The van der Waals surface area contributed by atoms with Crippen molar-refractivity contribution in [3.63, 3.8) is 0 Å². The third kappa shape index (κ3) is 4.60. The van der Waals surface area contributed by atoms with Crippen LogP contribution >= 0.6 is 0 Å². The Labute approximate surface area is 205 Å². The normalized spacial score (nSPS) is 15.7. The number of hydrogen-bond donors (Lipinski definition) is 1. The molecule has 1 fully saturated rings. The molecule has 0 spiro atoms. The van der Waals surface area contributed by atoms with Gasteiger partial charge in [0, 0.05) is 24.2 Å². The zero-order chi connectivity index (χ0) is 26.1.